The summed E-state index contributed by atoms with van der Waals surface area (Å²) in [5.41, 5.74) is 0.756. The zero-order chi connectivity index (χ0) is 16.5. The van der Waals surface area contributed by atoms with E-state index in [1.165, 1.54) is 25.9 Å². The highest BCUT2D eigenvalue weighted by molar-refractivity contribution is 5.47. The first-order valence-electron chi connectivity index (χ1n) is 9.36. The summed E-state index contributed by atoms with van der Waals surface area (Å²) in [6.07, 6.45) is 4.61. The molecule has 3 aliphatic heterocycles. The smallest absolute Gasteiger partial charge is 0.146 e. The van der Waals surface area contributed by atoms with Gasteiger partial charge in [-0.05, 0) is 50.9 Å². The lowest BCUT2D eigenvalue weighted by molar-refractivity contribution is -0.0434. The minimum absolute atomic E-state index is 0.0919. The maximum absolute atomic E-state index is 13.9. The number of aliphatic hydroxyl groups is 1. The molecule has 0 atom stereocenters. The number of hydrogen-bond donors (Lipinski definition) is 1. The van der Waals surface area contributed by atoms with Gasteiger partial charge in [-0.15, -0.1) is 0 Å². The third-order valence-electron chi connectivity index (χ3n) is 6.08. The van der Waals surface area contributed by atoms with Crippen LogP contribution in [0.3, 0.4) is 0 Å². The lowest BCUT2D eigenvalue weighted by Gasteiger charge is -2.47. The summed E-state index contributed by atoms with van der Waals surface area (Å²) in [4.78, 5) is 7.27. The molecule has 4 nitrogen and oxygen atoms in total. The molecular weight excluding hydrogens is 305 g/mol. The van der Waals surface area contributed by atoms with Crippen LogP contribution in [0.1, 0.15) is 25.7 Å². The first kappa shape index (κ1) is 16.3. The van der Waals surface area contributed by atoms with Gasteiger partial charge in [-0.1, -0.05) is 12.1 Å². The van der Waals surface area contributed by atoms with Gasteiger partial charge in [0.25, 0.3) is 0 Å². The van der Waals surface area contributed by atoms with Crippen molar-refractivity contribution in [1.29, 1.82) is 0 Å². The Hall–Kier alpha value is -1.17. The molecule has 4 rings (SSSR count). The minimum atomic E-state index is -0.103. The van der Waals surface area contributed by atoms with E-state index in [-0.39, 0.29) is 11.9 Å². The number of para-hydroxylation sites is 1. The number of piperidine rings is 2. The maximum Gasteiger partial charge on any atom is 0.146 e. The minimum Gasteiger partial charge on any atom is -0.390 e. The van der Waals surface area contributed by atoms with Gasteiger partial charge in [0, 0.05) is 38.3 Å². The summed E-state index contributed by atoms with van der Waals surface area (Å²) in [5, 5.41) is 9.46. The van der Waals surface area contributed by atoms with Gasteiger partial charge in [-0.25, -0.2) is 4.39 Å². The summed E-state index contributed by atoms with van der Waals surface area (Å²) in [6.45, 7) is 5.97. The molecule has 0 aliphatic carbocycles. The summed E-state index contributed by atoms with van der Waals surface area (Å²) in [7, 11) is 0. The Morgan fingerprint density at radius 3 is 2.04 bits per heavy atom. The second-order valence-electron chi connectivity index (χ2n) is 7.54. The zero-order valence-corrected chi connectivity index (χ0v) is 14.3. The molecule has 132 valence electrons. The van der Waals surface area contributed by atoms with Crippen LogP contribution in [-0.4, -0.2) is 72.4 Å². The normalized spacial score (nSPS) is 25.8. The molecule has 0 unspecified atom stereocenters. The molecule has 1 aromatic carbocycles. The Morgan fingerprint density at radius 1 is 0.833 bits per heavy atom. The fraction of sp³-hybridized carbons (Fsp3) is 0.684. The van der Waals surface area contributed by atoms with Crippen molar-refractivity contribution in [2.45, 2.75) is 43.9 Å². The van der Waals surface area contributed by atoms with Crippen molar-refractivity contribution in [3.05, 3.63) is 30.1 Å². The lowest BCUT2D eigenvalue weighted by atomic mass is 9.95. The summed E-state index contributed by atoms with van der Waals surface area (Å²) in [6, 6.07) is 8.44. The zero-order valence-electron chi connectivity index (χ0n) is 14.3. The first-order valence-corrected chi connectivity index (χ1v) is 9.36. The third kappa shape index (κ3) is 3.30. The Bertz CT molecular complexity index is 547. The summed E-state index contributed by atoms with van der Waals surface area (Å²) >= 11 is 0. The fourth-order valence-electron chi connectivity index (χ4n) is 4.58. The van der Waals surface area contributed by atoms with E-state index in [2.05, 4.69) is 14.7 Å². The predicted octanol–water partition coefficient (Wildman–Crippen LogP) is 1.94. The van der Waals surface area contributed by atoms with Crippen LogP contribution in [0.2, 0.25) is 0 Å². The van der Waals surface area contributed by atoms with Crippen LogP contribution in [0.4, 0.5) is 10.1 Å². The number of aliphatic hydroxyl groups excluding tert-OH is 1. The maximum atomic E-state index is 13.9. The molecule has 0 radical (unpaired) electrons. The van der Waals surface area contributed by atoms with E-state index in [9.17, 15) is 9.50 Å². The number of benzene rings is 1. The van der Waals surface area contributed by atoms with Crippen molar-refractivity contribution in [2.24, 2.45) is 0 Å². The van der Waals surface area contributed by atoms with Crippen LogP contribution in [0, 0.1) is 5.82 Å². The van der Waals surface area contributed by atoms with Crippen LogP contribution in [0.5, 0.6) is 0 Å². The molecule has 1 aromatic rings. The van der Waals surface area contributed by atoms with Crippen molar-refractivity contribution in [2.75, 3.05) is 44.2 Å². The van der Waals surface area contributed by atoms with E-state index in [4.69, 9.17) is 0 Å². The van der Waals surface area contributed by atoms with Crippen molar-refractivity contribution in [1.82, 2.24) is 9.80 Å². The number of rotatable bonds is 3. The second-order valence-corrected chi connectivity index (χ2v) is 7.54. The van der Waals surface area contributed by atoms with Gasteiger partial charge in [-0.3, -0.25) is 4.90 Å². The molecule has 0 saturated carbocycles. The van der Waals surface area contributed by atoms with E-state index >= 15 is 0 Å². The van der Waals surface area contributed by atoms with Gasteiger partial charge in [0.05, 0.1) is 11.8 Å². The van der Waals surface area contributed by atoms with Gasteiger partial charge >= 0.3 is 0 Å². The summed E-state index contributed by atoms with van der Waals surface area (Å²) < 4.78 is 13.9. The molecule has 0 bridgehead atoms. The largest absolute Gasteiger partial charge is 0.390 e. The molecule has 0 amide bonds. The van der Waals surface area contributed by atoms with Gasteiger partial charge in [0.2, 0.25) is 0 Å². The third-order valence-corrected chi connectivity index (χ3v) is 6.08. The molecule has 0 aromatic heterocycles. The lowest BCUT2D eigenvalue weighted by Crippen LogP contribution is -2.58. The first-order chi connectivity index (χ1) is 11.7. The standard InChI is InChI=1S/C19H28FN3O/c20-18-3-1-2-4-19(18)22-11-7-15(8-12-22)21-9-5-16(6-10-21)23-13-17(24)14-23/h1-4,15-17,24H,5-14H2. The fourth-order valence-corrected chi connectivity index (χ4v) is 4.58. The van der Waals surface area contributed by atoms with E-state index in [1.807, 2.05) is 12.1 Å². The van der Waals surface area contributed by atoms with Crippen LogP contribution >= 0.6 is 0 Å². The number of β-amino-alcohol motifs (C(OH)–C–C–N with tert-alkyl or cyclic N) is 1. The molecule has 3 heterocycles. The Kier molecular flexibility index (Phi) is 4.74. The van der Waals surface area contributed by atoms with Crippen molar-refractivity contribution >= 4 is 5.69 Å². The Labute approximate surface area is 143 Å². The van der Waals surface area contributed by atoms with Gasteiger partial charge < -0.3 is 14.9 Å². The number of halogens is 1. The van der Waals surface area contributed by atoms with E-state index in [0.29, 0.717) is 12.1 Å². The SMILES string of the molecule is OC1CN(C2CCN(C3CCN(c4ccccc4F)CC3)CC2)C1. The molecule has 3 saturated heterocycles. The van der Waals surface area contributed by atoms with Crippen molar-refractivity contribution in [3.8, 4) is 0 Å². The molecule has 1 N–H and O–H groups in total. The second kappa shape index (κ2) is 6.98. The highest BCUT2D eigenvalue weighted by atomic mass is 19.1. The number of anilines is 1. The Balaban J connectivity index is 1.26. The van der Waals surface area contributed by atoms with Crippen LogP contribution < -0.4 is 4.90 Å². The average molecular weight is 333 g/mol. The molecule has 5 heteroatoms. The van der Waals surface area contributed by atoms with Gasteiger partial charge in [0.1, 0.15) is 5.82 Å². The Morgan fingerprint density at radius 2 is 1.42 bits per heavy atom. The number of likely N-dealkylation sites (tertiary alicyclic amines) is 2. The number of hydrogen-bond acceptors (Lipinski definition) is 4. The van der Waals surface area contributed by atoms with Crippen LogP contribution in [0.25, 0.3) is 0 Å². The quantitative estimate of drug-likeness (QED) is 0.916. The topological polar surface area (TPSA) is 30.0 Å². The molecule has 3 fully saturated rings. The van der Waals surface area contributed by atoms with E-state index < -0.39 is 0 Å². The predicted molar refractivity (Wildman–Crippen MR) is 93.8 cm³/mol. The van der Waals surface area contributed by atoms with Gasteiger partial charge in [0.15, 0.2) is 0 Å². The molecule has 0 spiro atoms. The van der Waals surface area contributed by atoms with Gasteiger partial charge in [-0.2, -0.15) is 0 Å². The van der Waals surface area contributed by atoms with E-state index in [1.54, 1.807) is 12.1 Å². The monoisotopic (exact) mass is 333 g/mol. The van der Waals surface area contributed by atoms with Crippen molar-refractivity contribution in [3.63, 3.8) is 0 Å². The summed E-state index contributed by atoms with van der Waals surface area (Å²) in [5.74, 6) is -0.103. The number of nitrogens with zero attached hydrogens (tertiary/aromatic N) is 3. The van der Waals surface area contributed by atoms with Crippen LogP contribution in [-0.2, 0) is 0 Å². The molecular formula is C19H28FN3O. The highest BCUT2D eigenvalue weighted by Crippen LogP contribution is 2.28. The molecule has 3 aliphatic rings. The van der Waals surface area contributed by atoms with Crippen LogP contribution in [0.15, 0.2) is 24.3 Å². The average Bonchev–Trinajstić information content (AvgIpc) is 2.60. The highest BCUT2D eigenvalue weighted by Gasteiger charge is 2.35. The molecule has 24 heavy (non-hydrogen) atoms. The van der Waals surface area contributed by atoms with E-state index in [0.717, 1.165) is 44.7 Å². The van der Waals surface area contributed by atoms with Crippen molar-refractivity contribution < 1.29 is 9.50 Å².